The van der Waals surface area contributed by atoms with E-state index in [2.05, 4.69) is 34.8 Å². The molecule has 1 atom stereocenters. The lowest BCUT2D eigenvalue weighted by molar-refractivity contribution is 0.321. The van der Waals surface area contributed by atoms with Crippen LogP contribution in [0.1, 0.15) is 29.7 Å². The van der Waals surface area contributed by atoms with E-state index in [9.17, 15) is 0 Å². The van der Waals surface area contributed by atoms with Gasteiger partial charge in [0.15, 0.2) is 0 Å². The first kappa shape index (κ1) is 10.6. The summed E-state index contributed by atoms with van der Waals surface area (Å²) in [6, 6.07) is 0. The monoisotopic (exact) mass is 273 g/mol. The van der Waals surface area contributed by atoms with Gasteiger partial charge in [-0.15, -0.1) is 11.3 Å². The number of rotatable bonds is 4. The third-order valence-corrected chi connectivity index (χ3v) is 5.31. The predicted molar refractivity (Wildman–Crippen MR) is 65.2 cm³/mol. The highest BCUT2D eigenvalue weighted by molar-refractivity contribution is 9.09. The average Bonchev–Trinajstić information content (AvgIpc) is 2.93. The van der Waals surface area contributed by atoms with Crippen LogP contribution in [0.3, 0.4) is 0 Å². The van der Waals surface area contributed by atoms with Crippen molar-refractivity contribution < 1.29 is 0 Å². The normalized spacial score (nSPS) is 20.8. The van der Waals surface area contributed by atoms with Crippen LogP contribution in [0.25, 0.3) is 0 Å². The molecule has 1 aliphatic carbocycles. The Labute approximate surface area is 98.1 Å². The van der Waals surface area contributed by atoms with E-state index in [-0.39, 0.29) is 0 Å². The van der Waals surface area contributed by atoms with E-state index in [1.807, 2.05) is 17.5 Å². The lowest BCUT2D eigenvalue weighted by Crippen LogP contribution is -2.23. The largest absolute Gasteiger partial charge is 0.250 e. The molecule has 0 radical (unpaired) electrons. The van der Waals surface area contributed by atoms with E-state index >= 15 is 0 Å². The second-order valence-electron chi connectivity index (χ2n) is 4.58. The second kappa shape index (κ2) is 3.93. The van der Waals surface area contributed by atoms with E-state index in [0.29, 0.717) is 5.41 Å². The van der Waals surface area contributed by atoms with Crippen LogP contribution in [0.5, 0.6) is 0 Å². The van der Waals surface area contributed by atoms with E-state index in [4.69, 9.17) is 0 Å². The van der Waals surface area contributed by atoms with E-state index < -0.39 is 0 Å². The van der Waals surface area contributed by atoms with Gasteiger partial charge in [-0.2, -0.15) is 0 Å². The minimum absolute atomic E-state index is 0.457. The molecular weight excluding hydrogens is 258 g/mol. The van der Waals surface area contributed by atoms with Gasteiger partial charge in [-0.3, -0.25) is 0 Å². The highest BCUT2D eigenvalue weighted by Gasteiger charge is 2.40. The van der Waals surface area contributed by atoms with Crippen LogP contribution in [-0.2, 0) is 6.42 Å². The summed E-state index contributed by atoms with van der Waals surface area (Å²) in [5.41, 5.74) is 0.457. The van der Waals surface area contributed by atoms with Crippen LogP contribution in [0.4, 0.5) is 0 Å². The molecule has 0 saturated heterocycles. The molecule has 3 heteroatoms. The van der Waals surface area contributed by atoms with Crippen molar-refractivity contribution in [1.29, 1.82) is 0 Å². The van der Waals surface area contributed by atoms with Gasteiger partial charge in [0.25, 0.3) is 0 Å². The summed E-state index contributed by atoms with van der Waals surface area (Å²) in [4.78, 5) is 5.76. The zero-order valence-electron chi connectivity index (χ0n) is 8.72. The molecule has 1 unspecified atom stereocenters. The van der Waals surface area contributed by atoms with Crippen molar-refractivity contribution in [3.8, 4) is 0 Å². The Hall–Kier alpha value is 0.110. The molecule has 2 rings (SSSR count). The molecular formula is C11H16BrNS. The van der Waals surface area contributed by atoms with Gasteiger partial charge < -0.3 is 0 Å². The van der Waals surface area contributed by atoms with Gasteiger partial charge in [0.2, 0.25) is 0 Å². The predicted octanol–water partition coefficient (Wildman–Crippen LogP) is 3.81. The molecule has 14 heavy (non-hydrogen) atoms. The fraction of sp³-hybridized carbons (Fsp3) is 0.727. The first-order valence-electron chi connectivity index (χ1n) is 5.11. The standard InChI is InChI=1S/C11H16BrNS/c1-8-13-6-10(14-8)5-11(2,7-12)9-3-4-9/h6,9H,3-5,7H2,1-2H3. The van der Waals surface area contributed by atoms with E-state index in [1.54, 1.807) is 0 Å². The molecule has 0 bridgehead atoms. The molecule has 1 heterocycles. The molecule has 0 aliphatic heterocycles. The Morgan fingerprint density at radius 1 is 1.64 bits per heavy atom. The number of hydrogen-bond donors (Lipinski definition) is 0. The van der Waals surface area contributed by atoms with Crippen molar-refractivity contribution in [3.63, 3.8) is 0 Å². The summed E-state index contributed by atoms with van der Waals surface area (Å²) in [6.45, 7) is 4.48. The lowest BCUT2D eigenvalue weighted by Gasteiger charge is -2.26. The van der Waals surface area contributed by atoms with Crippen LogP contribution in [0, 0.1) is 18.3 Å². The first-order valence-corrected chi connectivity index (χ1v) is 7.05. The van der Waals surface area contributed by atoms with Gasteiger partial charge in [0, 0.05) is 16.4 Å². The summed E-state index contributed by atoms with van der Waals surface area (Å²) >= 11 is 5.50. The maximum Gasteiger partial charge on any atom is 0.0896 e. The van der Waals surface area contributed by atoms with Crippen LogP contribution in [0.2, 0.25) is 0 Å². The number of aryl methyl sites for hydroxylation is 1. The maximum absolute atomic E-state index is 4.32. The zero-order chi connectivity index (χ0) is 10.2. The van der Waals surface area contributed by atoms with E-state index in [1.165, 1.54) is 29.1 Å². The quantitative estimate of drug-likeness (QED) is 0.761. The highest BCUT2D eigenvalue weighted by Crippen LogP contribution is 2.48. The van der Waals surface area contributed by atoms with Crippen molar-refractivity contribution in [2.24, 2.45) is 11.3 Å². The number of halogens is 1. The van der Waals surface area contributed by atoms with Gasteiger partial charge in [-0.1, -0.05) is 22.9 Å². The van der Waals surface area contributed by atoms with Crippen LogP contribution in [-0.4, -0.2) is 10.3 Å². The topological polar surface area (TPSA) is 12.9 Å². The number of aromatic nitrogens is 1. The van der Waals surface area contributed by atoms with Crippen molar-refractivity contribution in [2.45, 2.75) is 33.1 Å². The summed E-state index contributed by atoms with van der Waals surface area (Å²) in [5, 5.41) is 2.30. The third-order valence-electron chi connectivity index (χ3n) is 3.12. The number of alkyl halides is 1. The summed E-state index contributed by atoms with van der Waals surface area (Å²) in [5.74, 6) is 0.935. The molecule has 0 aromatic carbocycles. The summed E-state index contributed by atoms with van der Waals surface area (Å²) in [7, 11) is 0. The Balaban J connectivity index is 2.07. The van der Waals surface area contributed by atoms with Crippen molar-refractivity contribution in [2.75, 3.05) is 5.33 Å². The molecule has 1 aliphatic rings. The highest BCUT2D eigenvalue weighted by atomic mass is 79.9. The zero-order valence-corrected chi connectivity index (χ0v) is 11.1. The smallest absolute Gasteiger partial charge is 0.0896 e. The fourth-order valence-electron chi connectivity index (χ4n) is 1.97. The van der Waals surface area contributed by atoms with Gasteiger partial charge in [-0.25, -0.2) is 4.98 Å². The molecule has 1 nitrogen and oxygen atoms in total. The second-order valence-corrected chi connectivity index (χ2v) is 6.46. The van der Waals surface area contributed by atoms with Crippen LogP contribution >= 0.6 is 27.3 Å². The fourth-order valence-corrected chi connectivity index (χ4v) is 3.61. The SMILES string of the molecule is Cc1ncc(CC(C)(CBr)C2CC2)s1. The molecule has 1 aromatic heterocycles. The van der Waals surface area contributed by atoms with Crippen molar-refractivity contribution >= 4 is 27.3 Å². The Bertz CT molecular complexity index is 319. The average molecular weight is 274 g/mol. The minimum Gasteiger partial charge on any atom is -0.250 e. The maximum atomic E-state index is 4.32. The van der Waals surface area contributed by atoms with Crippen molar-refractivity contribution in [3.05, 3.63) is 16.1 Å². The molecule has 78 valence electrons. The first-order chi connectivity index (χ1) is 6.64. The molecule has 0 N–H and O–H groups in total. The Morgan fingerprint density at radius 3 is 2.79 bits per heavy atom. The number of nitrogens with zero attached hydrogens (tertiary/aromatic N) is 1. The van der Waals surface area contributed by atoms with E-state index in [0.717, 1.165) is 11.2 Å². The van der Waals surface area contributed by atoms with Gasteiger partial charge in [0.05, 0.1) is 5.01 Å². The molecule has 1 aromatic rings. The number of thiazole rings is 1. The Kier molecular flexibility index (Phi) is 2.98. The Morgan fingerprint density at radius 2 is 2.36 bits per heavy atom. The molecule has 0 amide bonds. The van der Waals surface area contributed by atoms with Gasteiger partial charge in [-0.05, 0) is 37.5 Å². The lowest BCUT2D eigenvalue weighted by atomic mass is 9.83. The van der Waals surface area contributed by atoms with Crippen molar-refractivity contribution in [1.82, 2.24) is 4.98 Å². The van der Waals surface area contributed by atoms with Gasteiger partial charge >= 0.3 is 0 Å². The molecule has 1 saturated carbocycles. The molecule has 0 spiro atoms. The minimum atomic E-state index is 0.457. The number of hydrogen-bond acceptors (Lipinski definition) is 2. The van der Waals surface area contributed by atoms with Crippen LogP contribution < -0.4 is 0 Å². The van der Waals surface area contributed by atoms with Crippen LogP contribution in [0.15, 0.2) is 6.20 Å². The summed E-state index contributed by atoms with van der Waals surface area (Å²) in [6.07, 6.45) is 6.07. The van der Waals surface area contributed by atoms with Gasteiger partial charge in [0.1, 0.15) is 0 Å². The summed E-state index contributed by atoms with van der Waals surface area (Å²) < 4.78 is 0. The third kappa shape index (κ3) is 2.19. The molecule has 1 fully saturated rings.